The largest absolute Gasteiger partial charge is 0.254 e. The number of fused-ring (bicyclic) bond motifs is 9. The Morgan fingerprint density at radius 1 is 0.354 bits per heavy atom. The third kappa shape index (κ3) is 3.98. The zero-order chi connectivity index (χ0) is 31.6. The molecule has 0 saturated carbocycles. The molecule has 0 aliphatic rings. The van der Waals surface area contributed by atoms with E-state index >= 15 is 0 Å². The number of benzene rings is 7. The molecule has 10 aromatic rings. The molecule has 0 N–H and O–H groups in total. The molecule has 10 rings (SSSR count). The Morgan fingerprint density at radius 3 is 1.62 bits per heavy atom. The fraction of sp³-hybridized carbons (Fsp3) is 0. The molecular weight excluding hydrogens is 583 g/mol. The Kier molecular flexibility index (Phi) is 5.87. The van der Waals surface area contributed by atoms with Gasteiger partial charge in [0.2, 0.25) is 0 Å². The van der Waals surface area contributed by atoms with Crippen molar-refractivity contribution in [3.63, 3.8) is 0 Å². The zero-order valence-electron chi connectivity index (χ0n) is 25.9. The van der Waals surface area contributed by atoms with Crippen LogP contribution in [0.4, 0.5) is 0 Å². The fourth-order valence-electron chi connectivity index (χ4n) is 7.59. The number of pyridine rings is 3. The Labute approximate surface area is 276 Å². The molecule has 0 radical (unpaired) electrons. The molecule has 3 heteroatoms. The maximum absolute atomic E-state index is 5.30. The minimum atomic E-state index is 0.895. The molecular formula is C45H27N3. The summed E-state index contributed by atoms with van der Waals surface area (Å²) in [6, 6.07) is 54.0. The third-order valence-corrected chi connectivity index (χ3v) is 9.71. The smallest absolute Gasteiger partial charge is 0.0971 e. The lowest BCUT2D eigenvalue weighted by atomic mass is 9.86. The van der Waals surface area contributed by atoms with Crippen LogP contribution >= 0.6 is 0 Å². The van der Waals surface area contributed by atoms with Crippen molar-refractivity contribution in [1.82, 2.24) is 15.0 Å². The van der Waals surface area contributed by atoms with E-state index in [0.717, 1.165) is 54.7 Å². The predicted molar refractivity (Wildman–Crippen MR) is 201 cm³/mol. The van der Waals surface area contributed by atoms with Crippen molar-refractivity contribution in [3.05, 3.63) is 164 Å². The molecule has 0 amide bonds. The zero-order valence-corrected chi connectivity index (χ0v) is 25.9. The molecule has 3 nitrogen and oxygen atoms in total. The van der Waals surface area contributed by atoms with Crippen molar-refractivity contribution in [1.29, 1.82) is 0 Å². The highest BCUT2D eigenvalue weighted by molar-refractivity contribution is 6.24. The average molecular weight is 610 g/mol. The summed E-state index contributed by atoms with van der Waals surface area (Å²) >= 11 is 0. The summed E-state index contributed by atoms with van der Waals surface area (Å²) < 4.78 is 0. The van der Waals surface area contributed by atoms with Crippen molar-refractivity contribution in [3.8, 4) is 33.5 Å². The van der Waals surface area contributed by atoms with Gasteiger partial charge in [-0.25, -0.2) is 4.98 Å². The lowest BCUT2D eigenvalue weighted by molar-refractivity contribution is 1.38. The van der Waals surface area contributed by atoms with Crippen LogP contribution in [0.15, 0.2) is 164 Å². The molecule has 3 aromatic heterocycles. The molecule has 0 bridgehead atoms. The highest BCUT2D eigenvalue weighted by Crippen LogP contribution is 2.44. The van der Waals surface area contributed by atoms with Crippen LogP contribution in [0.5, 0.6) is 0 Å². The van der Waals surface area contributed by atoms with Crippen LogP contribution in [0.3, 0.4) is 0 Å². The van der Waals surface area contributed by atoms with Crippen LogP contribution in [-0.4, -0.2) is 15.0 Å². The predicted octanol–water partition coefficient (Wildman–Crippen LogP) is 11.8. The summed E-state index contributed by atoms with van der Waals surface area (Å²) in [4.78, 5) is 15.0. The first-order chi connectivity index (χ1) is 23.8. The van der Waals surface area contributed by atoms with Crippen molar-refractivity contribution in [2.24, 2.45) is 0 Å². The van der Waals surface area contributed by atoms with Crippen molar-refractivity contribution < 1.29 is 0 Å². The topological polar surface area (TPSA) is 38.7 Å². The number of rotatable bonds is 3. The van der Waals surface area contributed by atoms with Crippen molar-refractivity contribution in [2.45, 2.75) is 0 Å². The Bertz CT molecular complexity index is 2820. The van der Waals surface area contributed by atoms with Crippen LogP contribution in [-0.2, 0) is 0 Å². The molecule has 0 aliphatic carbocycles. The van der Waals surface area contributed by atoms with Crippen LogP contribution in [0.2, 0.25) is 0 Å². The van der Waals surface area contributed by atoms with Gasteiger partial charge in [0, 0.05) is 44.9 Å². The Morgan fingerprint density at radius 2 is 0.938 bits per heavy atom. The molecule has 0 atom stereocenters. The van der Waals surface area contributed by atoms with Crippen LogP contribution in [0.1, 0.15) is 0 Å². The minimum Gasteiger partial charge on any atom is -0.254 e. The SMILES string of the molecule is c1ccc(-c2c3ccccc3c(-c3ccc(-c4nc5ccccc5c5cnc6c(ccc7cccnc76)c45)cc3)c3ccccc23)cc1. The van der Waals surface area contributed by atoms with Crippen LogP contribution < -0.4 is 0 Å². The second kappa shape index (κ2) is 10.5. The van der Waals surface area contributed by atoms with E-state index in [1.54, 1.807) is 0 Å². The molecule has 3 heterocycles. The van der Waals surface area contributed by atoms with Gasteiger partial charge >= 0.3 is 0 Å². The first-order valence-electron chi connectivity index (χ1n) is 16.3. The van der Waals surface area contributed by atoms with Crippen molar-refractivity contribution in [2.75, 3.05) is 0 Å². The second-order valence-electron chi connectivity index (χ2n) is 12.3. The van der Waals surface area contributed by atoms with Crippen LogP contribution in [0.25, 0.3) is 98.5 Å². The van der Waals surface area contributed by atoms with Gasteiger partial charge in [-0.2, -0.15) is 0 Å². The van der Waals surface area contributed by atoms with Gasteiger partial charge in [0.1, 0.15) is 0 Å². The first kappa shape index (κ1) is 26.7. The van der Waals surface area contributed by atoms with E-state index in [0.29, 0.717) is 0 Å². The van der Waals surface area contributed by atoms with Gasteiger partial charge < -0.3 is 0 Å². The summed E-state index contributed by atoms with van der Waals surface area (Å²) in [6.45, 7) is 0. The normalized spacial score (nSPS) is 11.8. The first-order valence-corrected chi connectivity index (χ1v) is 16.3. The second-order valence-corrected chi connectivity index (χ2v) is 12.3. The molecule has 0 fully saturated rings. The third-order valence-electron chi connectivity index (χ3n) is 9.71. The van der Waals surface area contributed by atoms with Gasteiger partial charge in [0.15, 0.2) is 0 Å². The Hall–Kier alpha value is -6.45. The lowest BCUT2D eigenvalue weighted by Gasteiger charge is -2.18. The van der Waals surface area contributed by atoms with Gasteiger partial charge in [-0.3, -0.25) is 9.97 Å². The van der Waals surface area contributed by atoms with Gasteiger partial charge in [-0.1, -0.05) is 140 Å². The highest BCUT2D eigenvalue weighted by Gasteiger charge is 2.18. The van der Waals surface area contributed by atoms with Gasteiger partial charge in [0.25, 0.3) is 0 Å². The van der Waals surface area contributed by atoms with E-state index in [1.807, 2.05) is 18.5 Å². The maximum atomic E-state index is 5.30. The monoisotopic (exact) mass is 609 g/mol. The van der Waals surface area contributed by atoms with E-state index in [4.69, 9.17) is 15.0 Å². The summed E-state index contributed by atoms with van der Waals surface area (Å²) in [5, 5.41) is 10.4. The van der Waals surface area contributed by atoms with E-state index < -0.39 is 0 Å². The number of hydrogen-bond donors (Lipinski definition) is 0. The van der Waals surface area contributed by atoms with Gasteiger partial charge in [0.05, 0.1) is 22.2 Å². The average Bonchev–Trinajstić information content (AvgIpc) is 3.16. The number of aromatic nitrogens is 3. The molecule has 7 aromatic carbocycles. The number of hydrogen-bond acceptors (Lipinski definition) is 3. The fourth-order valence-corrected chi connectivity index (χ4v) is 7.59. The van der Waals surface area contributed by atoms with E-state index in [9.17, 15) is 0 Å². The minimum absolute atomic E-state index is 0.895. The molecule has 48 heavy (non-hydrogen) atoms. The van der Waals surface area contributed by atoms with Crippen LogP contribution in [0, 0.1) is 0 Å². The Balaban J connectivity index is 1.23. The van der Waals surface area contributed by atoms with Gasteiger partial charge in [-0.15, -0.1) is 0 Å². The molecule has 0 unspecified atom stereocenters. The lowest BCUT2D eigenvalue weighted by Crippen LogP contribution is -1.94. The van der Waals surface area contributed by atoms with Gasteiger partial charge in [-0.05, 0) is 55.9 Å². The standard InChI is InChI=1S/C45H27N3/c1-2-11-28(12-3-1)40-33-15-4-6-17-35(33)41(36-18-7-5-16-34(36)40)29-20-22-31(23-21-29)43-42-37-25-24-30-13-10-26-46-44(30)45(37)47-27-38(42)32-14-8-9-19-39(32)48-43/h1-27H. The highest BCUT2D eigenvalue weighted by atomic mass is 14.7. The molecule has 0 spiro atoms. The molecule has 0 saturated heterocycles. The summed E-state index contributed by atoms with van der Waals surface area (Å²) in [5.74, 6) is 0. The van der Waals surface area contributed by atoms with E-state index in [1.165, 1.54) is 43.8 Å². The summed E-state index contributed by atoms with van der Waals surface area (Å²) in [7, 11) is 0. The summed E-state index contributed by atoms with van der Waals surface area (Å²) in [6.07, 6.45) is 3.84. The quantitative estimate of drug-likeness (QED) is 0.148. The van der Waals surface area contributed by atoms with E-state index in [2.05, 4.69) is 146 Å². The number of nitrogens with zero attached hydrogens (tertiary/aromatic N) is 3. The summed E-state index contributed by atoms with van der Waals surface area (Å²) in [5.41, 5.74) is 9.70. The van der Waals surface area contributed by atoms with Crippen molar-refractivity contribution >= 4 is 65.0 Å². The maximum Gasteiger partial charge on any atom is 0.0971 e. The van der Waals surface area contributed by atoms with E-state index in [-0.39, 0.29) is 0 Å². The molecule has 222 valence electrons. The molecule has 0 aliphatic heterocycles. The number of para-hydroxylation sites is 1.